The first-order valence-corrected chi connectivity index (χ1v) is 3.98. The number of oxazole rings is 1. The number of carboxylic acids is 1. The summed E-state index contributed by atoms with van der Waals surface area (Å²) in [6.07, 6.45) is 2.24. The molecule has 1 rings (SSSR count). The minimum atomic E-state index is -0.861. The van der Waals surface area contributed by atoms with Crippen molar-refractivity contribution in [3.05, 3.63) is 17.8 Å². The van der Waals surface area contributed by atoms with Gasteiger partial charge in [-0.05, 0) is 0 Å². The second-order valence-corrected chi connectivity index (χ2v) is 2.59. The number of aliphatic carboxylic acids is 1. The zero-order valence-electron chi connectivity index (χ0n) is 7.06. The quantitative estimate of drug-likeness (QED) is 0.685. The molecule has 0 spiro atoms. The van der Waals surface area contributed by atoms with Gasteiger partial charge in [-0.3, -0.25) is 4.79 Å². The second-order valence-electron chi connectivity index (χ2n) is 2.59. The third kappa shape index (κ3) is 3.25. The fraction of sp³-hybridized carbons (Fsp3) is 0.500. The number of carboxylic acid groups (broad SMARTS) is 1. The molecule has 0 fully saturated rings. The molecular weight excluding hydrogens is 174 g/mol. The Kier molecular flexibility index (Phi) is 3.45. The van der Waals surface area contributed by atoms with Crippen molar-refractivity contribution in [2.75, 3.05) is 6.61 Å². The van der Waals surface area contributed by atoms with Crippen molar-refractivity contribution >= 4 is 5.97 Å². The van der Waals surface area contributed by atoms with E-state index in [4.69, 9.17) is 14.6 Å². The van der Waals surface area contributed by atoms with Crippen molar-refractivity contribution in [1.82, 2.24) is 4.98 Å². The van der Waals surface area contributed by atoms with Gasteiger partial charge in [0.2, 0.25) is 0 Å². The van der Waals surface area contributed by atoms with Gasteiger partial charge < -0.3 is 14.6 Å². The van der Waals surface area contributed by atoms with Gasteiger partial charge in [-0.25, -0.2) is 4.98 Å². The zero-order valence-corrected chi connectivity index (χ0v) is 7.06. The van der Waals surface area contributed by atoms with Crippen LogP contribution in [0.25, 0.3) is 0 Å². The van der Waals surface area contributed by atoms with E-state index in [1.165, 1.54) is 6.20 Å². The van der Waals surface area contributed by atoms with E-state index in [0.717, 1.165) is 0 Å². The summed E-state index contributed by atoms with van der Waals surface area (Å²) in [5.41, 5.74) is 0. The third-order valence-electron chi connectivity index (χ3n) is 1.51. The summed E-state index contributed by atoms with van der Waals surface area (Å²) in [5.74, 6) is 0.133. The smallest absolute Gasteiger partial charge is 0.303 e. The van der Waals surface area contributed by atoms with Crippen LogP contribution in [0.5, 0.6) is 0 Å². The number of aromatic nitrogens is 1. The van der Waals surface area contributed by atoms with Gasteiger partial charge in [0, 0.05) is 12.8 Å². The van der Waals surface area contributed by atoms with Crippen LogP contribution >= 0.6 is 0 Å². The minimum absolute atomic E-state index is 0.0150. The molecule has 0 radical (unpaired) electrons. The molecule has 0 amide bonds. The van der Waals surface area contributed by atoms with Crippen molar-refractivity contribution in [2.24, 2.45) is 0 Å². The first-order chi connectivity index (χ1) is 6.22. The lowest BCUT2D eigenvalue weighted by molar-refractivity contribution is -0.137. The van der Waals surface area contributed by atoms with E-state index in [0.29, 0.717) is 24.5 Å². The summed E-state index contributed by atoms with van der Waals surface area (Å²) in [5, 5.41) is 16.9. The molecule has 0 aromatic carbocycles. The topological polar surface area (TPSA) is 83.6 Å². The highest BCUT2D eigenvalue weighted by atomic mass is 16.4. The van der Waals surface area contributed by atoms with E-state index in [-0.39, 0.29) is 13.0 Å². The lowest BCUT2D eigenvalue weighted by atomic mass is 10.3. The Bertz CT molecular complexity index is 281. The van der Waals surface area contributed by atoms with Crippen LogP contribution in [-0.4, -0.2) is 27.8 Å². The SMILES string of the molecule is O=C(O)CCc1cnc(CCO)o1. The fourth-order valence-corrected chi connectivity index (χ4v) is 0.905. The number of hydrogen-bond donors (Lipinski definition) is 2. The molecule has 5 nitrogen and oxygen atoms in total. The third-order valence-corrected chi connectivity index (χ3v) is 1.51. The number of nitrogens with zero attached hydrogens (tertiary/aromatic N) is 1. The molecule has 5 heteroatoms. The van der Waals surface area contributed by atoms with Gasteiger partial charge in [0.05, 0.1) is 19.2 Å². The molecule has 0 saturated carbocycles. The average Bonchev–Trinajstić information content (AvgIpc) is 2.50. The molecule has 0 atom stereocenters. The molecule has 2 N–H and O–H groups in total. The van der Waals surface area contributed by atoms with E-state index in [9.17, 15) is 4.79 Å². The fourth-order valence-electron chi connectivity index (χ4n) is 0.905. The molecule has 1 aromatic heterocycles. The molecular formula is C8H11NO4. The Labute approximate surface area is 75.0 Å². The molecule has 0 unspecified atom stereocenters. The largest absolute Gasteiger partial charge is 0.481 e. The summed E-state index contributed by atoms with van der Waals surface area (Å²) < 4.78 is 5.14. The highest BCUT2D eigenvalue weighted by Crippen LogP contribution is 2.06. The molecule has 0 aliphatic heterocycles. The van der Waals surface area contributed by atoms with Crippen molar-refractivity contribution in [2.45, 2.75) is 19.3 Å². The minimum Gasteiger partial charge on any atom is -0.481 e. The predicted molar refractivity (Wildman–Crippen MR) is 43.2 cm³/mol. The standard InChI is InChI=1S/C8H11NO4/c10-4-3-7-9-5-6(13-7)1-2-8(11)12/h5,10H,1-4H2,(H,11,12). The van der Waals surface area contributed by atoms with Crippen molar-refractivity contribution in [3.63, 3.8) is 0 Å². The number of aliphatic hydroxyl groups is 1. The van der Waals surface area contributed by atoms with Gasteiger partial charge in [-0.2, -0.15) is 0 Å². The predicted octanol–water partition coefficient (Wildman–Crippen LogP) is 0.227. The van der Waals surface area contributed by atoms with Gasteiger partial charge in [-0.1, -0.05) is 0 Å². The van der Waals surface area contributed by atoms with Gasteiger partial charge in [0.25, 0.3) is 0 Å². The first kappa shape index (κ1) is 9.73. The van der Waals surface area contributed by atoms with E-state index in [1.807, 2.05) is 0 Å². The molecule has 0 aliphatic carbocycles. The maximum Gasteiger partial charge on any atom is 0.303 e. The number of hydrogen-bond acceptors (Lipinski definition) is 4. The van der Waals surface area contributed by atoms with Gasteiger partial charge in [-0.15, -0.1) is 0 Å². The highest BCUT2D eigenvalue weighted by Gasteiger charge is 2.05. The van der Waals surface area contributed by atoms with E-state index in [2.05, 4.69) is 4.98 Å². The van der Waals surface area contributed by atoms with Crippen LogP contribution in [0.1, 0.15) is 18.1 Å². The average molecular weight is 185 g/mol. The molecule has 13 heavy (non-hydrogen) atoms. The number of aryl methyl sites for hydroxylation is 1. The van der Waals surface area contributed by atoms with Crippen LogP contribution in [0.4, 0.5) is 0 Å². The lowest BCUT2D eigenvalue weighted by Gasteiger charge is -1.91. The van der Waals surface area contributed by atoms with Crippen LogP contribution in [0.2, 0.25) is 0 Å². The molecule has 1 heterocycles. The van der Waals surface area contributed by atoms with E-state index >= 15 is 0 Å². The Morgan fingerprint density at radius 1 is 1.54 bits per heavy atom. The summed E-state index contributed by atoms with van der Waals surface area (Å²) in [6, 6.07) is 0. The summed E-state index contributed by atoms with van der Waals surface area (Å²) >= 11 is 0. The van der Waals surface area contributed by atoms with Crippen LogP contribution < -0.4 is 0 Å². The summed E-state index contributed by atoms with van der Waals surface area (Å²) in [7, 11) is 0. The van der Waals surface area contributed by atoms with E-state index < -0.39 is 5.97 Å². The molecule has 1 aromatic rings. The van der Waals surface area contributed by atoms with Gasteiger partial charge in [0.1, 0.15) is 5.76 Å². The summed E-state index contributed by atoms with van der Waals surface area (Å²) in [6.45, 7) is -0.0150. The Balaban J connectivity index is 2.44. The number of aliphatic hydroxyl groups excluding tert-OH is 1. The highest BCUT2D eigenvalue weighted by molar-refractivity contribution is 5.66. The monoisotopic (exact) mass is 185 g/mol. The van der Waals surface area contributed by atoms with Crippen molar-refractivity contribution in [1.29, 1.82) is 0 Å². The Morgan fingerprint density at radius 2 is 2.31 bits per heavy atom. The van der Waals surface area contributed by atoms with Crippen molar-refractivity contribution in [3.8, 4) is 0 Å². The maximum absolute atomic E-state index is 10.2. The Hall–Kier alpha value is -1.36. The lowest BCUT2D eigenvalue weighted by Crippen LogP contribution is -1.96. The number of carbonyl (C=O) groups is 1. The maximum atomic E-state index is 10.2. The van der Waals surface area contributed by atoms with Crippen LogP contribution in [0.3, 0.4) is 0 Å². The van der Waals surface area contributed by atoms with E-state index in [1.54, 1.807) is 0 Å². The van der Waals surface area contributed by atoms with Crippen molar-refractivity contribution < 1.29 is 19.4 Å². The van der Waals surface area contributed by atoms with Gasteiger partial charge >= 0.3 is 5.97 Å². The molecule has 0 saturated heterocycles. The van der Waals surface area contributed by atoms with Crippen LogP contribution in [-0.2, 0) is 17.6 Å². The van der Waals surface area contributed by atoms with Crippen LogP contribution in [0, 0.1) is 0 Å². The normalized spacial score (nSPS) is 10.2. The second kappa shape index (κ2) is 4.61. The summed E-state index contributed by atoms with van der Waals surface area (Å²) in [4.78, 5) is 14.1. The number of rotatable bonds is 5. The van der Waals surface area contributed by atoms with Gasteiger partial charge in [0.15, 0.2) is 5.89 Å². The molecule has 0 aliphatic rings. The molecule has 0 bridgehead atoms. The zero-order chi connectivity index (χ0) is 9.68. The molecule has 72 valence electrons. The Morgan fingerprint density at radius 3 is 2.92 bits per heavy atom. The first-order valence-electron chi connectivity index (χ1n) is 3.98. The van der Waals surface area contributed by atoms with Crippen LogP contribution in [0.15, 0.2) is 10.6 Å².